The van der Waals surface area contributed by atoms with E-state index in [2.05, 4.69) is 58.9 Å². The van der Waals surface area contributed by atoms with Gasteiger partial charge in [-0.3, -0.25) is 0 Å². The number of hydrogen-bond donors (Lipinski definition) is 0. The molecule has 2 aromatic rings. The van der Waals surface area contributed by atoms with Gasteiger partial charge in [0.25, 0.3) is 0 Å². The number of fused-ring (bicyclic) bond motifs is 1. The van der Waals surface area contributed by atoms with Gasteiger partial charge in [-0.1, -0.05) is 51.8 Å². The molecule has 111 valence electrons. The maximum atomic E-state index is 9.86. The Morgan fingerprint density at radius 3 is 1.95 bits per heavy atom. The fourth-order valence-corrected chi connectivity index (χ4v) is 2.33. The molecule has 4 heteroatoms. The second-order valence-electron chi connectivity index (χ2n) is 5.67. The Morgan fingerprint density at radius 2 is 1.50 bits per heavy atom. The monoisotopic (exact) mass is 360 g/mol. The maximum absolute atomic E-state index is 9.86. The topological polar surface area (TPSA) is 0 Å². The zero-order valence-electron chi connectivity index (χ0n) is 12.6. The summed E-state index contributed by atoms with van der Waals surface area (Å²) < 4.78 is 29.6. The van der Waals surface area contributed by atoms with Crippen LogP contribution < -0.4 is 0 Å². The number of benzene rings is 1. The summed E-state index contributed by atoms with van der Waals surface area (Å²) in [6.45, 7) is 11.3. The van der Waals surface area contributed by atoms with Crippen LogP contribution in [0.1, 0.15) is 56.2 Å². The van der Waals surface area contributed by atoms with Crippen molar-refractivity contribution in [2.75, 3.05) is 0 Å². The fraction of sp³-hybridized carbons (Fsp3) is 0.438. The van der Waals surface area contributed by atoms with Gasteiger partial charge in [-0.2, -0.15) is 6.07 Å². The van der Waals surface area contributed by atoms with Crippen molar-refractivity contribution < 1.29 is 31.5 Å². The molecular formula is C16H21F3Zr-. The molecule has 0 nitrogen and oxygen atoms in total. The molecule has 2 rings (SSSR count). The van der Waals surface area contributed by atoms with E-state index in [0.717, 1.165) is 0 Å². The van der Waals surface area contributed by atoms with Gasteiger partial charge < -0.3 is 0 Å². The average molecular weight is 362 g/mol. The molecule has 0 aliphatic carbocycles. The first kappa shape index (κ1) is 17.6. The number of rotatable bonds is 2. The van der Waals surface area contributed by atoms with E-state index in [-0.39, 0.29) is 0 Å². The van der Waals surface area contributed by atoms with Crippen LogP contribution in [0, 0.1) is 6.92 Å². The molecule has 0 aromatic heterocycles. The normalized spacial score (nSPS) is 10.9. The minimum atomic E-state index is -5.04. The van der Waals surface area contributed by atoms with Crippen molar-refractivity contribution >= 4 is 10.8 Å². The van der Waals surface area contributed by atoms with Crippen molar-refractivity contribution in [2.45, 2.75) is 46.5 Å². The van der Waals surface area contributed by atoms with E-state index in [0.29, 0.717) is 11.8 Å². The predicted molar refractivity (Wildman–Crippen MR) is 75.8 cm³/mol. The molecular weight excluding hydrogens is 340 g/mol. The number of aryl methyl sites for hydroxylation is 1. The van der Waals surface area contributed by atoms with Gasteiger partial charge in [-0.25, -0.2) is 0 Å². The summed E-state index contributed by atoms with van der Waals surface area (Å²) in [7, 11) is 0. The van der Waals surface area contributed by atoms with Gasteiger partial charge in [0, 0.05) is 0 Å². The van der Waals surface area contributed by atoms with Gasteiger partial charge in [-0.15, -0.1) is 28.5 Å². The molecule has 20 heavy (non-hydrogen) atoms. The van der Waals surface area contributed by atoms with Crippen LogP contribution in [0.5, 0.6) is 0 Å². The van der Waals surface area contributed by atoms with E-state index >= 15 is 0 Å². The Morgan fingerprint density at radius 1 is 0.950 bits per heavy atom. The molecule has 0 aliphatic rings. The average Bonchev–Trinajstić information content (AvgIpc) is 2.66. The first-order valence-electron chi connectivity index (χ1n) is 6.76. The van der Waals surface area contributed by atoms with E-state index in [1.165, 1.54) is 27.5 Å². The molecule has 0 atom stereocenters. The van der Waals surface area contributed by atoms with Gasteiger partial charge >= 0.3 is 31.5 Å². The Kier molecular flexibility index (Phi) is 6.58. The molecule has 0 heterocycles. The summed E-state index contributed by atoms with van der Waals surface area (Å²) in [6, 6.07) is 9.35. The quantitative estimate of drug-likeness (QED) is 0.545. The van der Waals surface area contributed by atoms with Crippen LogP contribution in [-0.2, 0) is 23.6 Å². The van der Waals surface area contributed by atoms with E-state index in [1.807, 2.05) is 0 Å². The third-order valence-electron chi connectivity index (χ3n) is 3.31. The molecule has 0 N–H and O–H groups in total. The van der Waals surface area contributed by atoms with Crippen molar-refractivity contribution in [3.05, 3.63) is 41.0 Å². The standard InChI is InChI=1S/C16H21.3FH.Zr/c1-10(2)13-8-14-6-12(5)7-16(14)15(9-13)11(3)4;;;;/h6-11H,1-5H3;3*1H;/q-1;;;;+3/p-3. The summed E-state index contributed by atoms with van der Waals surface area (Å²) in [6.07, 6.45) is 0. The molecule has 2 aromatic carbocycles. The van der Waals surface area contributed by atoms with Crippen LogP contribution in [0.25, 0.3) is 10.8 Å². The van der Waals surface area contributed by atoms with Crippen LogP contribution in [0.2, 0.25) is 0 Å². The van der Waals surface area contributed by atoms with E-state index in [9.17, 15) is 7.88 Å². The van der Waals surface area contributed by atoms with Gasteiger partial charge in [0.15, 0.2) is 0 Å². The van der Waals surface area contributed by atoms with Crippen LogP contribution in [0.3, 0.4) is 0 Å². The van der Waals surface area contributed by atoms with Crippen molar-refractivity contribution in [3.63, 3.8) is 0 Å². The van der Waals surface area contributed by atoms with Crippen LogP contribution in [0.4, 0.5) is 7.88 Å². The number of halogens is 3. The van der Waals surface area contributed by atoms with Crippen molar-refractivity contribution in [3.8, 4) is 0 Å². The first-order valence-corrected chi connectivity index (χ1v) is 9.55. The molecule has 0 radical (unpaired) electrons. The molecule has 0 fully saturated rings. The van der Waals surface area contributed by atoms with Crippen molar-refractivity contribution in [2.24, 2.45) is 0 Å². The zero-order valence-corrected chi connectivity index (χ0v) is 15.1. The van der Waals surface area contributed by atoms with Gasteiger partial charge in [0.05, 0.1) is 0 Å². The third kappa shape index (κ3) is 4.80. The molecule has 0 bridgehead atoms. The molecule has 0 unspecified atom stereocenters. The third-order valence-corrected chi connectivity index (χ3v) is 3.31. The van der Waals surface area contributed by atoms with Gasteiger partial charge in [-0.05, 0) is 11.8 Å². The summed E-state index contributed by atoms with van der Waals surface area (Å²) in [5.41, 5.74) is 4.33. The van der Waals surface area contributed by atoms with Gasteiger partial charge in [0.2, 0.25) is 0 Å². The summed E-state index contributed by atoms with van der Waals surface area (Å²) in [4.78, 5) is 0. The van der Waals surface area contributed by atoms with E-state index in [1.54, 1.807) is 0 Å². The Labute approximate surface area is 129 Å². The van der Waals surface area contributed by atoms with Crippen molar-refractivity contribution in [1.29, 1.82) is 0 Å². The molecule has 0 saturated heterocycles. The molecule has 0 saturated carbocycles. The Balaban J connectivity index is 0.000000444. The summed E-state index contributed by atoms with van der Waals surface area (Å²) in [5.74, 6) is 1.21. The van der Waals surface area contributed by atoms with Crippen LogP contribution in [0.15, 0.2) is 24.3 Å². The Hall–Kier alpha value is -0.497. The molecule has 0 spiro atoms. The molecule has 0 aliphatic heterocycles. The van der Waals surface area contributed by atoms with E-state index in [4.69, 9.17) is 0 Å². The summed E-state index contributed by atoms with van der Waals surface area (Å²) >= 11 is -5.04. The van der Waals surface area contributed by atoms with Crippen molar-refractivity contribution in [1.82, 2.24) is 0 Å². The number of hydrogen-bond acceptors (Lipinski definition) is 0. The second kappa shape index (κ2) is 7.49. The van der Waals surface area contributed by atoms with Crippen LogP contribution in [-0.4, -0.2) is 0 Å². The summed E-state index contributed by atoms with van der Waals surface area (Å²) in [5, 5.41) is 2.85. The second-order valence-corrected chi connectivity index (χ2v) is 6.72. The zero-order chi connectivity index (χ0) is 15.4. The Bertz CT molecular complexity index is 553. The molecule has 0 amide bonds. The minimum absolute atomic E-state index is 0.600. The first-order chi connectivity index (χ1) is 9.22. The van der Waals surface area contributed by atoms with Crippen LogP contribution >= 0.6 is 0 Å². The fourth-order valence-electron chi connectivity index (χ4n) is 2.33. The van der Waals surface area contributed by atoms with Gasteiger partial charge in [0.1, 0.15) is 0 Å². The van der Waals surface area contributed by atoms with E-state index < -0.39 is 23.6 Å². The predicted octanol–water partition coefficient (Wildman–Crippen LogP) is 6.37. The SMILES string of the molecule is Cc1cc2c(C(C)C)cc(C(C)C)cc2[cH-]1.[F][Zr]([F])[F].